The Labute approximate surface area is 103 Å². The first kappa shape index (κ1) is 12.6. The normalized spacial score (nSPS) is 23.5. The van der Waals surface area contributed by atoms with Gasteiger partial charge >= 0.3 is 0 Å². The second-order valence-electron chi connectivity index (χ2n) is 4.57. The summed E-state index contributed by atoms with van der Waals surface area (Å²) in [6, 6.07) is 8.25. The molecule has 1 atom stereocenters. The first-order valence-electron chi connectivity index (χ1n) is 6.12. The van der Waals surface area contributed by atoms with Gasteiger partial charge in [0.2, 0.25) is 0 Å². The van der Waals surface area contributed by atoms with Crippen LogP contribution in [0.15, 0.2) is 24.3 Å². The third-order valence-electron chi connectivity index (χ3n) is 3.34. The van der Waals surface area contributed by atoms with Gasteiger partial charge in [0.1, 0.15) is 0 Å². The molecule has 0 aromatic heterocycles. The van der Waals surface area contributed by atoms with E-state index >= 15 is 0 Å². The van der Waals surface area contributed by atoms with Gasteiger partial charge in [-0.05, 0) is 24.0 Å². The zero-order valence-electron chi connectivity index (χ0n) is 10.1. The molecule has 1 N–H and O–H groups in total. The molecule has 4 heteroatoms. The molecule has 0 amide bonds. The molecule has 1 fully saturated rings. The summed E-state index contributed by atoms with van der Waals surface area (Å²) < 4.78 is 23.7. The van der Waals surface area contributed by atoms with Gasteiger partial charge in [-0.1, -0.05) is 31.2 Å². The summed E-state index contributed by atoms with van der Waals surface area (Å²) in [4.78, 5) is 0. The number of aryl methyl sites for hydroxylation is 1. The summed E-state index contributed by atoms with van der Waals surface area (Å²) in [7, 11) is -2.90. The third-order valence-corrected chi connectivity index (χ3v) is 5.46. The van der Waals surface area contributed by atoms with Crippen molar-refractivity contribution in [2.24, 2.45) is 0 Å². The molecule has 17 heavy (non-hydrogen) atoms. The minimum Gasteiger partial charge on any atom is -0.314 e. The molecule has 0 saturated carbocycles. The van der Waals surface area contributed by atoms with E-state index in [0.717, 1.165) is 12.0 Å². The predicted octanol–water partition coefficient (Wildman–Crippen LogP) is 1.18. The zero-order chi connectivity index (χ0) is 12.3. The van der Waals surface area contributed by atoms with Crippen molar-refractivity contribution >= 4 is 9.84 Å². The summed E-state index contributed by atoms with van der Waals surface area (Å²) in [5, 5.41) is 2.89. The number of benzene rings is 1. The van der Waals surface area contributed by atoms with Gasteiger partial charge in [-0.3, -0.25) is 0 Å². The molecule has 1 unspecified atom stereocenters. The van der Waals surface area contributed by atoms with Crippen LogP contribution >= 0.6 is 0 Å². The first-order valence-corrected chi connectivity index (χ1v) is 7.83. The van der Waals surface area contributed by atoms with E-state index in [-0.39, 0.29) is 11.0 Å². The molecule has 1 aromatic rings. The van der Waals surface area contributed by atoms with E-state index < -0.39 is 9.84 Å². The van der Waals surface area contributed by atoms with Crippen molar-refractivity contribution in [3.63, 3.8) is 0 Å². The average Bonchev–Trinajstić information content (AvgIpc) is 2.33. The number of hydrogen-bond acceptors (Lipinski definition) is 3. The van der Waals surface area contributed by atoms with Crippen molar-refractivity contribution in [2.45, 2.75) is 25.0 Å². The number of hydrogen-bond donors (Lipinski definition) is 1. The molecule has 0 radical (unpaired) electrons. The Morgan fingerprint density at radius 1 is 1.24 bits per heavy atom. The third kappa shape index (κ3) is 3.07. The van der Waals surface area contributed by atoms with Crippen LogP contribution in [0.25, 0.3) is 0 Å². The van der Waals surface area contributed by atoms with E-state index in [4.69, 9.17) is 0 Å². The minimum absolute atomic E-state index is 0.260. The first-order chi connectivity index (χ1) is 8.12. The molecule has 1 aliphatic heterocycles. The lowest BCUT2D eigenvalue weighted by Gasteiger charge is -2.23. The smallest absolute Gasteiger partial charge is 0.155 e. The Kier molecular flexibility index (Phi) is 3.84. The molecule has 1 heterocycles. The van der Waals surface area contributed by atoms with Gasteiger partial charge < -0.3 is 5.32 Å². The molecule has 1 aliphatic rings. The molecule has 3 nitrogen and oxygen atoms in total. The van der Waals surface area contributed by atoms with Crippen molar-refractivity contribution < 1.29 is 8.42 Å². The maximum Gasteiger partial charge on any atom is 0.155 e. The summed E-state index contributed by atoms with van der Waals surface area (Å²) >= 11 is 0. The molecule has 94 valence electrons. The highest BCUT2D eigenvalue weighted by atomic mass is 32.2. The standard InChI is InChI=1S/C13H19NO2S/c1-2-11-3-5-12(6-4-11)9-13-10-14-7-8-17(13,15)16/h3-6,13-14H,2,7-10H2,1H3. The SMILES string of the molecule is CCc1ccc(CC2CNCCS2(=O)=O)cc1. The van der Waals surface area contributed by atoms with Gasteiger partial charge in [0.05, 0.1) is 11.0 Å². The molecule has 1 aromatic carbocycles. The van der Waals surface area contributed by atoms with E-state index in [9.17, 15) is 8.42 Å². The fraction of sp³-hybridized carbons (Fsp3) is 0.538. The van der Waals surface area contributed by atoms with E-state index in [2.05, 4.69) is 24.4 Å². The second-order valence-corrected chi connectivity index (χ2v) is 6.97. The van der Waals surface area contributed by atoms with Crippen LogP contribution in [0.3, 0.4) is 0 Å². The Bertz CT molecular complexity index is 465. The summed E-state index contributed by atoms with van der Waals surface area (Å²) in [6.07, 6.45) is 1.64. The molecular formula is C13H19NO2S. The lowest BCUT2D eigenvalue weighted by atomic mass is 10.1. The zero-order valence-corrected chi connectivity index (χ0v) is 11.0. The van der Waals surface area contributed by atoms with Crippen molar-refractivity contribution in [2.75, 3.05) is 18.8 Å². The van der Waals surface area contributed by atoms with Gasteiger partial charge in [-0.15, -0.1) is 0 Å². The Morgan fingerprint density at radius 3 is 2.47 bits per heavy atom. The van der Waals surface area contributed by atoms with Gasteiger partial charge in [-0.2, -0.15) is 0 Å². The molecule has 0 spiro atoms. The maximum absolute atomic E-state index is 11.9. The predicted molar refractivity (Wildman–Crippen MR) is 70.0 cm³/mol. The molecule has 0 bridgehead atoms. The van der Waals surface area contributed by atoms with Crippen molar-refractivity contribution in [3.8, 4) is 0 Å². The van der Waals surface area contributed by atoms with Crippen LogP contribution in [-0.4, -0.2) is 32.5 Å². The van der Waals surface area contributed by atoms with Crippen LogP contribution in [0.1, 0.15) is 18.1 Å². The second kappa shape index (κ2) is 5.19. The quantitative estimate of drug-likeness (QED) is 0.880. The maximum atomic E-state index is 11.9. The Hall–Kier alpha value is -0.870. The van der Waals surface area contributed by atoms with Gasteiger partial charge in [0.15, 0.2) is 9.84 Å². The van der Waals surface area contributed by atoms with Crippen LogP contribution in [-0.2, 0) is 22.7 Å². The average molecular weight is 253 g/mol. The fourth-order valence-electron chi connectivity index (χ4n) is 2.14. The topological polar surface area (TPSA) is 46.2 Å². The van der Waals surface area contributed by atoms with Gasteiger partial charge in [-0.25, -0.2) is 8.42 Å². The fourth-order valence-corrected chi connectivity index (χ4v) is 3.72. The highest BCUT2D eigenvalue weighted by Gasteiger charge is 2.28. The minimum atomic E-state index is -2.90. The van der Waals surface area contributed by atoms with Crippen LogP contribution in [0.2, 0.25) is 0 Å². The highest BCUT2D eigenvalue weighted by Crippen LogP contribution is 2.14. The number of rotatable bonds is 3. The van der Waals surface area contributed by atoms with Gasteiger partial charge in [0, 0.05) is 13.1 Å². The van der Waals surface area contributed by atoms with E-state index in [1.165, 1.54) is 5.56 Å². The molecule has 1 saturated heterocycles. The van der Waals surface area contributed by atoms with E-state index in [0.29, 0.717) is 19.5 Å². The van der Waals surface area contributed by atoms with E-state index in [1.54, 1.807) is 0 Å². The van der Waals surface area contributed by atoms with Crippen LogP contribution in [0.5, 0.6) is 0 Å². The van der Waals surface area contributed by atoms with Crippen LogP contribution in [0.4, 0.5) is 0 Å². The summed E-state index contributed by atoms with van der Waals surface area (Å²) in [5.41, 5.74) is 2.40. The van der Waals surface area contributed by atoms with Crippen LogP contribution < -0.4 is 5.32 Å². The monoisotopic (exact) mass is 253 g/mol. The largest absolute Gasteiger partial charge is 0.314 e. The van der Waals surface area contributed by atoms with E-state index in [1.807, 2.05) is 12.1 Å². The molecule has 2 rings (SSSR count). The lowest BCUT2D eigenvalue weighted by molar-refractivity contribution is 0.544. The summed E-state index contributed by atoms with van der Waals surface area (Å²) in [6.45, 7) is 3.29. The molecule has 0 aliphatic carbocycles. The van der Waals surface area contributed by atoms with Crippen molar-refractivity contribution in [3.05, 3.63) is 35.4 Å². The van der Waals surface area contributed by atoms with Crippen molar-refractivity contribution in [1.82, 2.24) is 5.32 Å². The lowest BCUT2D eigenvalue weighted by Crippen LogP contribution is -2.44. The number of nitrogens with one attached hydrogen (secondary N) is 1. The van der Waals surface area contributed by atoms with Gasteiger partial charge in [0.25, 0.3) is 0 Å². The Balaban J connectivity index is 2.09. The Morgan fingerprint density at radius 2 is 1.88 bits per heavy atom. The molecular weight excluding hydrogens is 234 g/mol. The summed E-state index contributed by atoms with van der Waals surface area (Å²) in [5.74, 6) is 0.269. The highest BCUT2D eigenvalue weighted by molar-refractivity contribution is 7.92. The van der Waals surface area contributed by atoms with Crippen molar-refractivity contribution in [1.29, 1.82) is 0 Å². The van der Waals surface area contributed by atoms with Crippen LogP contribution in [0, 0.1) is 0 Å². The number of sulfone groups is 1.